The number of aromatic nitrogens is 2. The standard InChI is InChI=1S/C14H20N4O/c1-9-5-10(2)7-11(6-9)13(17-15)14-12(19-4)8-16-18(14)3/h5-8,13,17H,15H2,1-4H3. The molecular weight excluding hydrogens is 240 g/mol. The van der Waals surface area contributed by atoms with Gasteiger partial charge in [-0.3, -0.25) is 10.5 Å². The van der Waals surface area contributed by atoms with Crippen molar-refractivity contribution in [3.05, 3.63) is 46.8 Å². The number of aryl methyl sites for hydroxylation is 3. The van der Waals surface area contributed by atoms with Crippen LogP contribution >= 0.6 is 0 Å². The second-order valence-corrected chi connectivity index (χ2v) is 4.74. The number of benzene rings is 1. The third-order valence-electron chi connectivity index (χ3n) is 3.19. The first kappa shape index (κ1) is 13.6. The van der Waals surface area contributed by atoms with Crippen LogP contribution in [0.1, 0.15) is 28.4 Å². The van der Waals surface area contributed by atoms with Gasteiger partial charge in [-0.15, -0.1) is 0 Å². The molecule has 0 radical (unpaired) electrons. The Balaban J connectivity index is 2.52. The molecule has 0 fully saturated rings. The maximum atomic E-state index is 5.74. The number of hydrogen-bond donors (Lipinski definition) is 2. The predicted molar refractivity (Wildman–Crippen MR) is 74.8 cm³/mol. The normalized spacial score (nSPS) is 12.5. The maximum Gasteiger partial charge on any atom is 0.161 e. The summed E-state index contributed by atoms with van der Waals surface area (Å²) in [6.45, 7) is 4.15. The molecular formula is C14H20N4O. The van der Waals surface area contributed by atoms with Crippen LogP contribution in [0.3, 0.4) is 0 Å². The first-order valence-electron chi connectivity index (χ1n) is 6.17. The molecule has 3 N–H and O–H groups in total. The Morgan fingerprint density at radius 3 is 2.42 bits per heavy atom. The van der Waals surface area contributed by atoms with Gasteiger partial charge in [0.05, 0.1) is 19.3 Å². The van der Waals surface area contributed by atoms with Crippen LogP contribution in [-0.2, 0) is 7.05 Å². The van der Waals surface area contributed by atoms with Gasteiger partial charge in [0.15, 0.2) is 5.75 Å². The van der Waals surface area contributed by atoms with E-state index < -0.39 is 0 Å². The van der Waals surface area contributed by atoms with E-state index in [1.54, 1.807) is 18.0 Å². The molecule has 0 spiro atoms. The van der Waals surface area contributed by atoms with Crippen molar-refractivity contribution >= 4 is 0 Å². The van der Waals surface area contributed by atoms with Gasteiger partial charge < -0.3 is 4.74 Å². The Morgan fingerprint density at radius 1 is 1.26 bits per heavy atom. The fourth-order valence-electron chi connectivity index (χ4n) is 2.42. The molecule has 0 saturated heterocycles. The van der Waals surface area contributed by atoms with Gasteiger partial charge in [0.1, 0.15) is 5.69 Å². The number of rotatable bonds is 4. The van der Waals surface area contributed by atoms with Gasteiger partial charge in [-0.1, -0.05) is 29.3 Å². The van der Waals surface area contributed by atoms with Crippen LogP contribution in [0.15, 0.2) is 24.4 Å². The molecule has 1 heterocycles. The van der Waals surface area contributed by atoms with E-state index in [2.05, 4.69) is 42.6 Å². The molecule has 0 bridgehead atoms. The molecule has 0 aliphatic heterocycles. The number of hydrogen-bond acceptors (Lipinski definition) is 4. The third kappa shape index (κ3) is 2.62. The predicted octanol–water partition coefficient (Wildman–Crippen LogP) is 1.60. The Hall–Kier alpha value is -1.85. The number of hydrazine groups is 1. The molecule has 19 heavy (non-hydrogen) atoms. The van der Waals surface area contributed by atoms with E-state index in [1.807, 2.05) is 7.05 Å². The molecule has 0 aliphatic rings. The lowest BCUT2D eigenvalue weighted by Crippen LogP contribution is -2.30. The number of nitrogens with two attached hydrogens (primary N) is 1. The van der Waals surface area contributed by atoms with Crippen molar-refractivity contribution in [3.8, 4) is 5.75 Å². The molecule has 5 heteroatoms. The fourth-order valence-corrected chi connectivity index (χ4v) is 2.42. The zero-order chi connectivity index (χ0) is 14.0. The Kier molecular flexibility index (Phi) is 3.87. The Morgan fingerprint density at radius 2 is 1.89 bits per heavy atom. The van der Waals surface area contributed by atoms with Crippen LogP contribution in [0.25, 0.3) is 0 Å². The van der Waals surface area contributed by atoms with Gasteiger partial charge in [-0.25, -0.2) is 5.43 Å². The van der Waals surface area contributed by atoms with Gasteiger partial charge in [0, 0.05) is 7.05 Å². The van der Waals surface area contributed by atoms with E-state index in [-0.39, 0.29) is 6.04 Å². The smallest absolute Gasteiger partial charge is 0.161 e. The van der Waals surface area contributed by atoms with Gasteiger partial charge >= 0.3 is 0 Å². The van der Waals surface area contributed by atoms with E-state index in [9.17, 15) is 0 Å². The van der Waals surface area contributed by atoms with Crippen molar-refractivity contribution in [3.63, 3.8) is 0 Å². The van der Waals surface area contributed by atoms with Crippen molar-refractivity contribution in [2.45, 2.75) is 19.9 Å². The van der Waals surface area contributed by atoms with Crippen molar-refractivity contribution in [2.24, 2.45) is 12.9 Å². The molecule has 5 nitrogen and oxygen atoms in total. The van der Waals surface area contributed by atoms with E-state index in [0.29, 0.717) is 0 Å². The van der Waals surface area contributed by atoms with E-state index in [4.69, 9.17) is 10.6 Å². The molecule has 2 rings (SSSR count). The van der Waals surface area contributed by atoms with E-state index in [1.165, 1.54) is 11.1 Å². The lowest BCUT2D eigenvalue weighted by atomic mass is 9.99. The summed E-state index contributed by atoms with van der Waals surface area (Å²) in [7, 11) is 3.51. The summed E-state index contributed by atoms with van der Waals surface area (Å²) >= 11 is 0. The number of methoxy groups -OCH3 is 1. The second-order valence-electron chi connectivity index (χ2n) is 4.74. The summed E-state index contributed by atoms with van der Waals surface area (Å²) in [5, 5.41) is 4.22. The average Bonchev–Trinajstić information content (AvgIpc) is 2.71. The highest BCUT2D eigenvalue weighted by Crippen LogP contribution is 2.29. The minimum atomic E-state index is -0.152. The SMILES string of the molecule is COc1cnn(C)c1C(NN)c1cc(C)cc(C)c1. The molecule has 1 atom stereocenters. The first-order chi connectivity index (χ1) is 9.06. The van der Waals surface area contributed by atoms with Crippen LogP contribution in [0.4, 0.5) is 0 Å². The summed E-state index contributed by atoms with van der Waals surface area (Å²) in [5.74, 6) is 6.47. The second kappa shape index (κ2) is 5.42. The molecule has 2 aromatic rings. The third-order valence-corrected chi connectivity index (χ3v) is 3.19. The monoisotopic (exact) mass is 260 g/mol. The van der Waals surface area contributed by atoms with Gasteiger partial charge in [-0.05, 0) is 19.4 Å². The van der Waals surface area contributed by atoms with Crippen molar-refractivity contribution in [1.82, 2.24) is 15.2 Å². The molecule has 102 valence electrons. The molecule has 1 unspecified atom stereocenters. The van der Waals surface area contributed by atoms with Crippen molar-refractivity contribution in [1.29, 1.82) is 0 Å². The largest absolute Gasteiger partial charge is 0.493 e. The highest BCUT2D eigenvalue weighted by atomic mass is 16.5. The minimum Gasteiger partial charge on any atom is -0.493 e. The van der Waals surface area contributed by atoms with Crippen molar-refractivity contribution < 1.29 is 4.74 Å². The molecule has 1 aromatic carbocycles. The summed E-state index contributed by atoms with van der Waals surface area (Å²) in [6, 6.07) is 6.21. The Bertz CT molecular complexity index is 557. The number of nitrogens with one attached hydrogen (secondary N) is 1. The van der Waals surface area contributed by atoms with Crippen LogP contribution in [-0.4, -0.2) is 16.9 Å². The minimum absolute atomic E-state index is 0.152. The molecule has 0 amide bonds. The first-order valence-corrected chi connectivity index (χ1v) is 6.17. The highest BCUT2D eigenvalue weighted by molar-refractivity contribution is 5.39. The zero-order valence-corrected chi connectivity index (χ0v) is 11.8. The van der Waals surface area contributed by atoms with E-state index >= 15 is 0 Å². The lowest BCUT2D eigenvalue weighted by Gasteiger charge is -2.19. The maximum absolute atomic E-state index is 5.74. The van der Waals surface area contributed by atoms with Crippen LogP contribution in [0.5, 0.6) is 5.75 Å². The summed E-state index contributed by atoms with van der Waals surface area (Å²) < 4.78 is 7.13. The summed E-state index contributed by atoms with van der Waals surface area (Å²) in [6.07, 6.45) is 1.70. The Labute approximate surface area is 113 Å². The quantitative estimate of drug-likeness (QED) is 0.647. The fraction of sp³-hybridized carbons (Fsp3) is 0.357. The van der Waals surface area contributed by atoms with Crippen LogP contribution < -0.4 is 16.0 Å². The summed E-state index contributed by atoms with van der Waals surface area (Å²) in [5.41, 5.74) is 7.27. The molecule has 0 saturated carbocycles. The van der Waals surface area contributed by atoms with E-state index in [0.717, 1.165) is 17.0 Å². The highest BCUT2D eigenvalue weighted by Gasteiger charge is 2.21. The topological polar surface area (TPSA) is 65.1 Å². The van der Waals surface area contributed by atoms with Gasteiger partial charge in [0.25, 0.3) is 0 Å². The lowest BCUT2D eigenvalue weighted by molar-refractivity contribution is 0.401. The number of ether oxygens (including phenoxy) is 1. The van der Waals surface area contributed by atoms with Crippen LogP contribution in [0, 0.1) is 13.8 Å². The van der Waals surface area contributed by atoms with Gasteiger partial charge in [0.2, 0.25) is 0 Å². The molecule has 0 aliphatic carbocycles. The zero-order valence-electron chi connectivity index (χ0n) is 11.8. The molecule has 1 aromatic heterocycles. The number of nitrogens with zero attached hydrogens (tertiary/aromatic N) is 2. The van der Waals surface area contributed by atoms with Crippen molar-refractivity contribution in [2.75, 3.05) is 7.11 Å². The average molecular weight is 260 g/mol. The summed E-state index contributed by atoms with van der Waals surface area (Å²) in [4.78, 5) is 0. The van der Waals surface area contributed by atoms with Gasteiger partial charge in [-0.2, -0.15) is 5.10 Å². The van der Waals surface area contributed by atoms with Crippen LogP contribution in [0.2, 0.25) is 0 Å².